The second kappa shape index (κ2) is 36.8. The number of hydrogen-bond donors (Lipinski definition) is 3. The smallest absolute Gasteiger partial charge is 0.416 e. The van der Waals surface area contributed by atoms with E-state index in [-0.39, 0.29) is 26.3 Å². The van der Waals surface area contributed by atoms with Crippen molar-refractivity contribution in [2.75, 3.05) is 26.4 Å². The van der Waals surface area contributed by atoms with Gasteiger partial charge in [-0.2, -0.15) is 39.5 Å². The minimum Gasteiger partial charge on any atom is -0.465 e. The fourth-order valence-electron chi connectivity index (χ4n) is 10.5. The number of halogens is 9. The number of benzene rings is 6. The lowest BCUT2D eigenvalue weighted by molar-refractivity contribution is -0.150. The summed E-state index contributed by atoms with van der Waals surface area (Å²) in [5, 5.41) is 45.8. The molecule has 6 aromatic carbocycles. The van der Waals surface area contributed by atoms with Crippen LogP contribution in [0.5, 0.6) is 0 Å². The molecule has 2 unspecified atom stereocenters. The number of aliphatic hydroxyl groups excluding tert-OH is 2. The van der Waals surface area contributed by atoms with Crippen LogP contribution >= 0.6 is 0 Å². The van der Waals surface area contributed by atoms with E-state index in [4.69, 9.17) is 51.4 Å². The Morgan fingerprint density at radius 3 is 1.18 bits per heavy atom. The molecule has 3 fully saturated rings. The van der Waals surface area contributed by atoms with Crippen molar-refractivity contribution in [3.63, 3.8) is 0 Å². The van der Waals surface area contributed by atoms with Crippen LogP contribution in [0.3, 0.4) is 0 Å². The fourth-order valence-corrected chi connectivity index (χ4v) is 10.5. The van der Waals surface area contributed by atoms with Crippen LogP contribution in [0.1, 0.15) is 129 Å². The lowest BCUT2D eigenvalue weighted by atomic mass is 10.0. The first-order valence-electron chi connectivity index (χ1n) is 38.9. The molecule has 5 heterocycles. The van der Waals surface area contributed by atoms with Gasteiger partial charge in [-0.3, -0.25) is 9.59 Å². The maximum Gasteiger partial charge on any atom is 0.416 e. The average Bonchev–Trinajstić information content (AvgIpc) is 1.49. The highest BCUT2D eigenvalue weighted by atomic mass is 19.4. The van der Waals surface area contributed by atoms with Crippen molar-refractivity contribution in [1.82, 2.24) is 44.3 Å². The van der Waals surface area contributed by atoms with Crippen LogP contribution in [0.25, 0.3) is 78.0 Å². The highest BCUT2D eigenvalue weighted by molar-refractivity contribution is 6.00. The first-order chi connectivity index (χ1) is 54.5. The number of rotatable bonds is 15. The molecule has 29 heteroatoms. The summed E-state index contributed by atoms with van der Waals surface area (Å²) in [6.45, 7) is 12.9. The van der Waals surface area contributed by atoms with E-state index < -0.39 is 47.4 Å². The van der Waals surface area contributed by atoms with Gasteiger partial charge in [0.2, 0.25) is 0 Å². The molecule has 1 saturated carbocycles. The fraction of sp³-hybridized carbons (Fsp3) is 0.371. The van der Waals surface area contributed by atoms with Gasteiger partial charge in [0.15, 0.2) is 29.6 Å². The Hall–Kier alpha value is -9.64. The molecule has 9 aromatic rings. The molecule has 2 aliphatic heterocycles. The van der Waals surface area contributed by atoms with Crippen LogP contribution in [-0.4, -0.2) is 99.0 Å². The van der Waals surface area contributed by atoms with Gasteiger partial charge >= 0.3 is 24.5 Å². The van der Waals surface area contributed by atoms with Gasteiger partial charge in [0.05, 0.1) is 36.4 Å². The van der Waals surface area contributed by atoms with Crippen LogP contribution in [0.2, 0.25) is 0 Å². The van der Waals surface area contributed by atoms with Crippen LogP contribution in [0, 0.1) is 5.92 Å². The average molecular weight is 1410 g/mol. The number of carbonyl (C=O) groups is 2. The van der Waals surface area contributed by atoms with Gasteiger partial charge in [-0.25, -0.2) is 0 Å². The molecule has 0 amide bonds. The van der Waals surface area contributed by atoms with E-state index in [9.17, 15) is 54.2 Å². The predicted octanol–water partition coefficient (Wildman–Crippen LogP) is 17.5. The molecule has 4 N–H and O–H groups in total. The van der Waals surface area contributed by atoms with E-state index in [0.29, 0.717) is 85.9 Å². The number of ether oxygens (including phenoxy) is 3. The summed E-state index contributed by atoms with van der Waals surface area (Å²) < 4.78 is 204. The number of esters is 1. The highest BCUT2D eigenvalue weighted by Crippen LogP contribution is 2.35. The van der Waals surface area contributed by atoms with Crippen LogP contribution < -0.4 is 5.73 Å². The summed E-state index contributed by atoms with van der Waals surface area (Å²) in [6, 6.07) is 37.3. The summed E-state index contributed by atoms with van der Waals surface area (Å²) >= 11 is 0. The molecule has 20 nitrogen and oxygen atoms in total. The van der Waals surface area contributed by atoms with E-state index in [2.05, 4.69) is 40.6 Å². The van der Waals surface area contributed by atoms with Crippen molar-refractivity contribution >= 4 is 11.8 Å². The molecule has 99 heavy (non-hydrogen) atoms. The van der Waals surface area contributed by atoms with Crippen molar-refractivity contribution in [3.8, 4) is 67.5 Å². The molecule has 0 bridgehead atoms. The largest absolute Gasteiger partial charge is 0.465 e. The summed E-state index contributed by atoms with van der Waals surface area (Å²) in [7, 11) is 0. The van der Waals surface area contributed by atoms with Gasteiger partial charge in [0.25, 0.3) is 0 Å². The zero-order chi connectivity index (χ0) is 85.7. The summed E-state index contributed by atoms with van der Waals surface area (Å²) in [5.41, 5.74) is 19.2. The number of ketones is 1. The second-order valence-corrected chi connectivity index (χ2v) is 22.2. The maximum atomic E-state index is 12.7. The quantitative estimate of drug-likeness (QED) is 0.0215. The third-order valence-corrected chi connectivity index (χ3v) is 15.7. The van der Waals surface area contributed by atoms with E-state index >= 15 is 0 Å². The summed E-state index contributed by atoms with van der Waals surface area (Å²) in [6.07, 6.45) is -7.01. The van der Waals surface area contributed by atoms with Crippen molar-refractivity contribution in [1.29, 1.82) is 0 Å². The third-order valence-electron chi connectivity index (χ3n) is 15.7. The Balaban J connectivity index is 0. The normalized spacial score (nSPS) is 15.5. The molecule has 542 valence electrons. The maximum absolute atomic E-state index is 12.7. The standard InChI is InChI=1S/C18H15F3N6.C18H17F3N4.C18H16F3N3O.C8H12O3.C4H8O2.C4H8O.8H2/c1-2-27-16(11-23-26-22)24-25-17(27)14-5-3-12(4-6-14)13-7-9-15(10-8-13)18(19,20)21;1-2-25-16(11-22)23-24-17(25)14-5-3-12(4-6-14)13-7-9-15(10-8-13)18(19,20)21;1-2-24-16(11-25)22-23-17(24)14-5-3-12(4-6-14)13-7-9-15(10-8-13)18(19,20)21;1-2-11-8(10)6-4-3-5-7(6)9;5-4-2-1-3-6-4;1-2-4-5-3-1;;;;;;;;/h3-10H,2,11H2,1H3;3-10H,2,11,22H2,1H3;3-10,25H,2,11H2,1H3;6H,2-5H2,1H3;4-5H,1-3H2;1-4H2;8*1H/i;;;;;;7*1+1D;1+1. The van der Waals surface area contributed by atoms with E-state index in [1.165, 1.54) is 49.2 Å². The zero-order valence-electron chi connectivity index (χ0n) is 68.8. The molecule has 2 saturated heterocycles. The minimum absolute atomic E-state index is 0. The molecule has 3 aliphatic rings. The summed E-state index contributed by atoms with van der Waals surface area (Å²) in [5.74, 6) is 3.03. The topological polar surface area (TPSA) is 269 Å². The van der Waals surface area contributed by atoms with Gasteiger partial charge in [0.1, 0.15) is 30.0 Å². The molecule has 0 radical (unpaired) electrons. The molecule has 1 aliphatic carbocycles. The van der Waals surface area contributed by atoms with Crippen molar-refractivity contribution < 1.29 is 95.7 Å². The van der Waals surface area contributed by atoms with Gasteiger partial charge < -0.3 is 43.9 Å². The Bertz CT molecular complexity index is 3920. The first-order valence-corrected chi connectivity index (χ1v) is 31.9. The predicted molar refractivity (Wildman–Crippen MR) is 369 cm³/mol. The molecule has 3 aromatic heterocycles. The van der Waals surface area contributed by atoms with E-state index in [1.54, 1.807) is 6.92 Å². The summed E-state index contributed by atoms with van der Waals surface area (Å²) in [4.78, 5) is 24.7. The number of aliphatic hydroxyl groups is 2. The van der Waals surface area contributed by atoms with E-state index in [0.717, 1.165) is 120 Å². The molecular weight excluding hydrogens is 1310 g/mol. The third kappa shape index (κ3) is 21.7. The number of azide groups is 1. The van der Waals surface area contributed by atoms with Crippen molar-refractivity contribution in [2.45, 2.75) is 137 Å². The number of nitrogens with two attached hydrogens (primary N) is 1. The molecule has 2 atom stereocenters. The Kier molecular flexibility index (Phi) is 24.8. The number of nitrogens with zero attached hydrogens (tertiary/aromatic N) is 12. The Morgan fingerprint density at radius 2 is 0.909 bits per heavy atom. The van der Waals surface area contributed by atoms with Gasteiger partial charge in [-0.15, -0.1) is 30.6 Å². The molecular formula is C70H92F9N13O7. The van der Waals surface area contributed by atoms with Crippen molar-refractivity contribution in [3.05, 3.63) is 190 Å². The number of carbonyl (C=O) groups excluding carboxylic acids is 2. The lowest BCUT2D eigenvalue weighted by Crippen LogP contribution is -2.21. The Labute approximate surface area is 588 Å². The van der Waals surface area contributed by atoms with Crippen LogP contribution in [0.4, 0.5) is 39.5 Å². The van der Waals surface area contributed by atoms with E-state index in [1.807, 2.05) is 107 Å². The number of Topliss-reactive ketones (excluding diaryl/α,β-unsaturated/α-hetero) is 1. The Morgan fingerprint density at radius 1 is 0.556 bits per heavy atom. The highest BCUT2D eigenvalue weighted by Gasteiger charge is 2.33. The SMILES string of the molecule is C1CCOC1.CCOC(=O)C1CCCC1=O.CCn1c(CN)nnc1-c1ccc(-c2ccc(C(F)(F)F)cc2)cc1.CCn1c(CN=[N+]=[N-])nnc1-c1ccc(-c2ccc(C(F)(F)F)cc2)cc1.CCn1c(CO)nnc1-c1ccc(-c2ccc(C(F)(F)F)cc2)cc1.OC1CCCO1.[2HH].[2H][2H].[2H][2H].[2H][2H].[2H][2H].[2H][2H].[2H][2H].[2H][2H]. The van der Waals surface area contributed by atoms with Gasteiger partial charge in [-0.1, -0.05) is 114 Å². The molecule has 0 spiro atoms. The van der Waals surface area contributed by atoms with Gasteiger partial charge in [-0.05, 0) is 135 Å². The number of aromatic nitrogens is 9. The molecule has 12 rings (SSSR count). The second-order valence-electron chi connectivity index (χ2n) is 22.2. The zero-order valence-corrected chi connectivity index (χ0v) is 54.8. The van der Waals surface area contributed by atoms with Crippen LogP contribution in [0.15, 0.2) is 151 Å². The van der Waals surface area contributed by atoms with Gasteiger partial charge in [0, 0.05) is 96.1 Å². The lowest BCUT2D eigenvalue weighted by Gasteiger charge is -2.09. The first kappa shape index (κ1) is 66.6. The van der Waals surface area contributed by atoms with Crippen molar-refractivity contribution in [2.24, 2.45) is 16.8 Å². The van der Waals surface area contributed by atoms with Crippen LogP contribution in [-0.2, 0) is 81.7 Å². The monoisotopic (exact) mass is 1410 g/mol. The minimum atomic E-state index is -4.35. The number of hydrogen-bond acceptors (Lipinski definition) is 15. The number of alkyl halides is 9.